The molecule has 0 spiro atoms. The summed E-state index contributed by atoms with van der Waals surface area (Å²) in [6, 6.07) is 5.82. The highest BCUT2D eigenvalue weighted by molar-refractivity contribution is 5.85. The maximum atomic E-state index is 11.7. The molecule has 0 aliphatic rings. The molecule has 0 aliphatic heterocycles. The number of fused-ring (bicyclic) bond motifs is 1. The zero-order chi connectivity index (χ0) is 14.7. The minimum Gasteiger partial charge on any atom is -0.423 e. The van der Waals surface area contributed by atoms with E-state index < -0.39 is 0 Å². The van der Waals surface area contributed by atoms with Gasteiger partial charge < -0.3 is 9.32 Å². The summed E-state index contributed by atoms with van der Waals surface area (Å²) in [7, 11) is 0. The summed E-state index contributed by atoms with van der Waals surface area (Å²) in [5, 5.41) is 1.07. The topological polar surface area (TPSA) is 33.5 Å². The highest BCUT2D eigenvalue weighted by Crippen LogP contribution is 2.29. The number of hydrogen-bond acceptors (Lipinski definition) is 3. The first-order valence-electron chi connectivity index (χ1n) is 7.49. The van der Waals surface area contributed by atoms with E-state index in [0.29, 0.717) is 5.58 Å². The molecule has 108 valence electrons. The number of benzene rings is 1. The van der Waals surface area contributed by atoms with Crippen LogP contribution in [0.3, 0.4) is 0 Å². The summed E-state index contributed by atoms with van der Waals surface area (Å²) in [6.45, 7) is 10.4. The molecule has 0 fully saturated rings. The van der Waals surface area contributed by atoms with Gasteiger partial charge in [-0.15, -0.1) is 0 Å². The Morgan fingerprint density at radius 3 is 2.15 bits per heavy atom. The van der Waals surface area contributed by atoms with E-state index in [4.69, 9.17) is 4.42 Å². The number of anilines is 1. The Morgan fingerprint density at radius 2 is 1.60 bits per heavy atom. The number of nitrogens with zero attached hydrogens (tertiary/aromatic N) is 1. The summed E-state index contributed by atoms with van der Waals surface area (Å²) in [5.41, 5.74) is 4.00. The van der Waals surface area contributed by atoms with Crippen LogP contribution >= 0.6 is 0 Å². The van der Waals surface area contributed by atoms with Gasteiger partial charge in [-0.1, -0.05) is 13.8 Å². The molecule has 1 aromatic carbocycles. The van der Waals surface area contributed by atoms with Gasteiger partial charge in [0.1, 0.15) is 5.58 Å². The van der Waals surface area contributed by atoms with Gasteiger partial charge in [-0.3, -0.25) is 0 Å². The summed E-state index contributed by atoms with van der Waals surface area (Å²) < 4.78 is 5.40. The van der Waals surface area contributed by atoms with E-state index in [1.807, 2.05) is 6.07 Å². The molecule has 2 aromatic rings. The SMILES string of the molecule is CCc1cc2c(CC)cc(=O)oc2cc1N(CC)CC. The molecule has 0 saturated heterocycles. The van der Waals surface area contributed by atoms with Crippen molar-refractivity contribution in [1.82, 2.24) is 0 Å². The third-order valence-corrected chi connectivity index (χ3v) is 3.90. The Kier molecular flexibility index (Phi) is 4.48. The van der Waals surface area contributed by atoms with E-state index >= 15 is 0 Å². The van der Waals surface area contributed by atoms with Gasteiger partial charge in [0, 0.05) is 36.3 Å². The summed E-state index contributed by atoms with van der Waals surface area (Å²) >= 11 is 0. The lowest BCUT2D eigenvalue weighted by Crippen LogP contribution is -2.23. The fourth-order valence-corrected chi connectivity index (χ4v) is 2.74. The Bertz CT molecular complexity index is 654. The van der Waals surface area contributed by atoms with Crippen molar-refractivity contribution in [2.75, 3.05) is 18.0 Å². The van der Waals surface area contributed by atoms with Crippen LogP contribution in [0.2, 0.25) is 0 Å². The third kappa shape index (κ3) is 2.58. The molecule has 1 heterocycles. The first-order valence-corrected chi connectivity index (χ1v) is 7.49. The first kappa shape index (κ1) is 14.6. The van der Waals surface area contributed by atoms with Crippen molar-refractivity contribution >= 4 is 16.7 Å². The molecular weight excluding hydrogens is 250 g/mol. The van der Waals surface area contributed by atoms with Crippen LogP contribution < -0.4 is 10.5 Å². The zero-order valence-corrected chi connectivity index (χ0v) is 12.8. The largest absolute Gasteiger partial charge is 0.423 e. The second kappa shape index (κ2) is 6.12. The molecule has 0 bridgehead atoms. The zero-order valence-electron chi connectivity index (χ0n) is 12.8. The molecule has 0 N–H and O–H groups in total. The van der Waals surface area contributed by atoms with E-state index in [1.165, 1.54) is 11.3 Å². The van der Waals surface area contributed by atoms with Crippen LogP contribution in [0.1, 0.15) is 38.8 Å². The molecule has 2 rings (SSSR count). The fourth-order valence-electron chi connectivity index (χ4n) is 2.74. The average Bonchev–Trinajstić information content (AvgIpc) is 2.46. The van der Waals surface area contributed by atoms with Crippen molar-refractivity contribution in [3.63, 3.8) is 0 Å². The molecule has 20 heavy (non-hydrogen) atoms. The Morgan fingerprint density at radius 1 is 0.950 bits per heavy atom. The smallest absolute Gasteiger partial charge is 0.336 e. The number of rotatable bonds is 5. The van der Waals surface area contributed by atoms with Crippen molar-refractivity contribution in [3.05, 3.63) is 39.7 Å². The monoisotopic (exact) mass is 273 g/mol. The molecule has 3 nitrogen and oxygen atoms in total. The van der Waals surface area contributed by atoms with Crippen molar-refractivity contribution in [3.8, 4) is 0 Å². The van der Waals surface area contributed by atoms with E-state index in [-0.39, 0.29) is 5.63 Å². The first-order chi connectivity index (χ1) is 9.64. The molecule has 0 unspecified atom stereocenters. The molecule has 0 aliphatic carbocycles. The van der Waals surface area contributed by atoms with Crippen molar-refractivity contribution in [1.29, 1.82) is 0 Å². The minimum atomic E-state index is -0.260. The molecular formula is C17H23NO2. The van der Waals surface area contributed by atoms with Gasteiger partial charge in [0.2, 0.25) is 0 Å². The number of aryl methyl sites for hydroxylation is 2. The molecule has 0 amide bonds. The number of hydrogen-bond donors (Lipinski definition) is 0. The van der Waals surface area contributed by atoms with Crippen molar-refractivity contribution in [2.24, 2.45) is 0 Å². The highest BCUT2D eigenvalue weighted by Gasteiger charge is 2.12. The average molecular weight is 273 g/mol. The maximum Gasteiger partial charge on any atom is 0.336 e. The van der Waals surface area contributed by atoms with Crippen LogP contribution in [0.5, 0.6) is 0 Å². The van der Waals surface area contributed by atoms with E-state index in [1.54, 1.807) is 6.07 Å². The lowest BCUT2D eigenvalue weighted by Gasteiger charge is -2.24. The molecule has 0 radical (unpaired) electrons. The summed E-state index contributed by atoms with van der Waals surface area (Å²) in [4.78, 5) is 14.0. The van der Waals surface area contributed by atoms with Crippen LogP contribution in [0.4, 0.5) is 5.69 Å². The standard InChI is InChI=1S/C17H23NO2/c1-5-12-10-17(19)20-16-11-15(18(7-3)8-4)13(6-2)9-14(12)16/h9-11H,5-8H2,1-4H3. The predicted molar refractivity (Wildman–Crippen MR) is 84.8 cm³/mol. The van der Waals surface area contributed by atoms with Crippen LogP contribution in [0.25, 0.3) is 11.0 Å². The van der Waals surface area contributed by atoms with E-state index in [0.717, 1.165) is 36.9 Å². The van der Waals surface area contributed by atoms with E-state index in [9.17, 15) is 4.79 Å². The normalized spacial score (nSPS) is 11.0. The van der Waals surface area contributed by atoms with Gasteiger partial charge in [0.25, 0.3) is 0 Å². The highest BCUT2D eigenvalue weighted by atomic mass is 16.4. The van der Waals surface area contributed by atoms with Gasteiger partial charge in [-0.25, -0.2) is 4.79 Å². The van der Waals surface area contributed by atoms with Crippen molar-refractivity contribution < 1.29 is 4.42 Å². The molecule has 0 saturated carbocycles. The lowest BCUT2D eigenvalue weighted by atomic mass is 10.0. The van der Waals surface area contributed by atoms with Crippen LogP contribution in [0.15, 0.2) is 27.4 Å². The van der Waals surface area contributed by atoms with Crippen molar-refractivity contribution in [2.45, 2.75) is 40.5 Å². The molecule has 0 atom stereocenters. The van der Waals surface area contributed by atoms with E-state index in [2.05, 4.69) is 38.7 Å². The third-order valence-electron chi connectivity index (χ3n) is 3.90. The van der Waals surface area contributed by atoms with Gasteiger partial charge in [-0.05, 0) is 43.9 Å². The second-order valence-electron chi connectivity index (χ2n) is 4.95. The van der Waals surface area contributed by atoms with Crippen LogP contribution in [0, 0.1) is 0 Å². The summed E-state index contributed by atoms with van der Waals surface area (Å²) in [5.74, 6) is 0. The quantitative estimate of drug-likeness (QED) is 0.778. The van der Waals surface area contributed by atoms with Gasteiger partial charge in [0.05, 0.1) is 0 Å². The minimum absolute atomic E-state index is 0.260. The second-order valence-corrected chi connectivity index (χ2v) is 4.95. The lowest BCUT2D eigenvalue weighted by molar-refractivity contribution is 0.559. The molecule has 1 aromatic heterocycles. The predicted octanol–water partition coefficient (Wildman–Crippen LogP) is 3.76. The van der Waals surface area contributed by atoms with Gasteiger partial charge >= 0.3 is 5.63 Å². The Balaban J connectivity index is 2.75. The fraction of sp³-hybridized carbons (Fsp3) is 0.471. The Labute approximate surface area is 120 Å². The summed E-state index contributed by atoms with van der Waals surface area (Å²) in [6.07, 6.45) is 1.82. The molecule has 3 heteroatoms. The van der Waals surface area contributed by atoms with Gasteiger partial charge in [0.15, 0.2) is 0 Å². The van der Waals surface area contributed by atoms with Gasteiger partial charge in [-0.2, -0.15) is 0 Å². The Hall–Kier alpha value is -1.77. The van der Waals surface area contributed by atoms with Crippen LogP contribution in [-0.2, 0) is 12.8 Å². The van der Waals surface area contributed by atoms with Crippen LogP contribution in [-0.4, -0.2) is 13.1 Å². The maximum absolute atomic E-state index is 11.7.